The van der Waals surface area contributed by atoms with Gasteiger partial charge in [-0.2, -0.15) is 0 Å². The second-order valence-electron chi connectivity index (χ2n) is 8.54. The molecule has 0 aliphatic heterocycles. The standard InChI is InChI=1S/C27H25ClN4O5/c1-30(14-13-18-7-3-2-4-8-18)25(35)17-32-26(36)20-9-5-6-10-22(20)31(27(32)37)16-24(34)29-21-15-19(28)11-12-23(21)33/h2-12,15,33H,13-14,16-17H2,1H3,(H,29,34). The lowest BCUT2D eigenvalue weighted by atomic mass is 10.1. The maximum Gasteiger partial charge on any atom is 0.332 e. The van der Waals surface area contributed by atoms with Gasteiger partial charge < -0.3 is 15.3 Å². The van der Waals surface area contributed by atoms with Crippen LogP contribution in [0.1, 0.15) is 5.56 Å². The fourth-order valence-corrected chi connectivity index (χ4v) is 4.10. The summed E-state index contributed by atoms with van der Waals surface area (Å²) < 4.78 is 1.97. The Kier molecular flexibility index (Phi) is 7.74. The minimum absolute atomic E-state index is 0.0818. The Morgan fingerprint density at radius 1 is 0.946 bits per heavy atom. The van der Waals surface area contributed by atoms with E-state index in [9.17, 15) is 24.3 Å². The molecule has 1 heterocycles. The highest BCUT2D eigenvalue weighted by atomic mass is 35.5. The molecule has 0 unspecified atom stereocenters. The van der Waals surface area contributed by atoms with Gasteiger partial charge in [-0.15, -0.1) is 0 Å². The molecule has 190 valence electrons. The number of hydrogen-bond acceptors (Lipinski definition) is 5. The van der Waals surface area contributed by atoms with Crippen molar-refractivity contribution >= 4 is 40.0 Å². The summed E-state index contributed by atoms with van der Waals surface area (Å²) in [7, 11) is 1.61. The van der Waals surface area contributed by atoms with E-state index in [1.54, 1.807) is 25.2 Å². The van der Waals surface area contributed by atoms with Gasteiger partial charge in [0.1, 0.15) is 18.8 Å². The number of benzene rings is 3. The second-order valence-corrected chi connectivity index (χ2v) is 8.97. The highest BCUT2D eigenvalue weighted by Crippen LogP contribution is 2.26. The molecule has 2 amide bonds. The molecule has 1 aromatic heterocycles. The smallest absolute Gasteiger partial charge is 0.332 e. The number of carbonyl (C=O) groups is 2. The molecule has 0 fully saturated rings. The molecule has 37 heavy (non-hydrogen) atoms. The lowest BCUT2D eigenvalue weighted by molar-refractivity contribution is -0.130. The number of rotatable bonds is 8. The number of aromatic nitrogens is 2. The van der Waals surface area contributed by atoms with E-state index < -0.39 is 36.2 Å². The third-order valence-corrected chi connectivity index (χ3v) is 6.20. The van der Waals surface area contributed by atoms with E-state index in [2.05, 4.69) is 5.32 Å². The lowest BCUT2D eigenvalue weighted by Gasteiger charge is -2.19. The minimum Gasteiger partial charge on any atom is -0.506 e. The zero-order chi connectivity index (χ0) is 26.5. The van der Waals surface area contributed by atoms with Crippen molar-refractivity contribution in [3.63, 3.8) is 0 Å². The Hall–Kier alpha value is -4.37. The third kappa shape index (κ3) is 5.90. The quantitative estimate of drug-likeness (QED) is 0.347. The van der Waals surface area contributed by atoms with Crippen LogP contribution in [0.4, 0.5) is 5.69 Å². The molecule has 4 rings (SSSR count). The number of phenols is 1. The topological polar surface area (TPSA) is 114 Å². The first-order valence-electron chi connectivity index (χ1n) is 11.5. The van der Waals surface area contributed by atoms with Crippen molar-refractivity contribution in [1.82, 2.24) is 14.0 Å². The molecular formula is C27H25ClN4O5. The molecule has 4 aromatic rings. The van der Waals surface area contributed by atoms with Crippen molar-refractivity contribution in [3.05, 3.63) is 104 Å². The van der Waals surface area contributed by atoms with Crippen LogP contribution in [0.15, 0.2) is 82.4 Å². The van der Waals surface area contributed by atoms with Crippen molar-refractivity contribution in [2.24, 2.45) is 0 Å². The summed E-state index contributed by atoms with van der Waals surface area (Å²) in [5, 5.41) is 13.0. The van der Waals surface area contributed by atoms with Crippen LogP contribution in [0.5, 0.6) is 5.75 Å². The Bertz CT molecular complexity index is 1580. The molecule has 10 heteroatoms. The predicted molar refractivity (Wildman–Crippen MR) is 142 cm³/mol. The fraction of sp³-hybridized carbons (Fsp3) is 0.185. The molecule has 2 N–H and O–H groups in total. The first-order chi connectivity index (χ1) is 17.7. The number of fused-ring (bicyclic) bond motifs is 1. The van der Waals surface area contributed by atoms with Crippen molar-refractivity contribution in [2.75, 3.05) is 18.9 Å². The molecule has 0 saturated carbocycles. The minimum atomic E-state index is -0.793. The van der Waals surface area contributed by atoms with Gasteiger partial charge in [-0.3, -0.25) is 23.5 Å². The average molecular weight is 521 g/mol. The summed E-state index contributed by atoms with van der Waals surface area (Å²) in [5.41, 5.74) is -0.0137. The van der Waals surface area contributed by atoms with Crippen LogP contribution < -0.4 is 16.6 Å². The number of halogens is 1. The van der Waals surface area contributed by atoms with Crippen molar-refractivity contribution in [2.45, 2.75) is 19.5 Å². The van der Waals surface area contributed by atoms with Gasteiger partial charge in [0.25, 0.3) is 5.56 Å². The molecule has 3 aromatic carbocycles. The Balaban J connectivity index is 1.60. The van der Waals surface area contributed by atoms with E-state index in [4.69, 9.17) is 11.6 Å². The summed E-state index contributed by atoms with van der Waals surface area (Å²) in [4.78, 5) is 53.7. The number of anilines is 1. The summed E-state index contributed by atoms with van der Waals surface area (Å²) in [6, 6.07) is 20.2. The fourth-order valence-electron chi connectivity index (χ4n) is 3.93. The number of hydrogen-bond donors (Lipinski definition) is 2. The van der Waals surface area contributed by atoms with Gasteiger partial charge in [-0.1, -0.05) is 54.1 Å². The number of aromatic hydroxyl groups is 1. The van der Waals surface area contributed by atoms with Crippen LogP contribution >= 0.6 is 11.6 Å². The van der Waals surface area contributed by atoms with Gasteiger partial charge in [0, 0.05) is 18.6 Å². The molecule has 0 saturated heterocycles. The van der Waals surface area contributed by atoms with Gasteiger partial charge in [-0.05, 0) is 42.3 Å². The van der Waals surface area contributed by atoms with Crippen LogP contribution in [0.3, 0.4) is 0 Å². The van der Waals surface area contributed by atoms with Gasteiger partial charge in [0.15, 0.2) is 0 Å². The predicted octanol–water partition coefficient (Wildman–Crippen LogP) is 2.86. The largest absolute Gasteiger partial charge is 0.506 e. The van der Waals surface area contributed by atoms with E-state index in [0.717, 1.165) is 14.7 Å². The maximum absolute atomic E-state index is 13.4. The number of para-hydroxylation sites is 1. The van der Waals surface area contributed by atoms with Crippen LogP contribution in [0.25, 0.3) is 10.9 Å². The van der Waals surface area contributed by atoms with E-state index in [1.807, 2.05) is 30.3 Å². The van der Waals surface area contributed by atoms with E-state index in [1.165, 1.54) is 29.2 Å². The molecule has 0 aliphatic rings. The molecule has 0 bridgehead atoms. The van der Waals surface area contributed by atoms with Gasteiger partial charge in [0.05, 0.1) is 16.6 Å². The monoisotopic (exact) mass is 520 g/mol. The van der Waals surface area contributed by atoms with Gasteiger partial charge >= 0.3 is 5.69 Å². The average Bonchev–Trinajstić information content (AvgIpc) is 2.90. The SMILES string of the molecule is CN(CCc1ccccc1)C(=O)Cn1c(=O)c2ccccc2n(CC(=O)Nc2cc(Cl)ccc2O)c1=O. The van der Waals surface area contributed by atoms with Gasteiger partial charge in [-0.25, -0.2) is 4.79 Å². The van der Waals surface area contributed by atoms with Crippen molar-refractivity contribution in [1.29, 1.82) is 0 Å². The highest BCUT2D eigenvalue weighted by Gasteiger charge is 2.19. The first-order valence-corrected chi connectivity index (χ1v) is 11.9. The van der Waals surface area contributed by atoms with Crippen molar-refractivity contribution in [3.8, 4) is 5.75 Å². The second kappa shape index (κ2) is 11.1. The summed E-state index contributed by atoms with van der Waals surface area (Å²) in [6.45, 7) is -0.515. The molecule has 9 nitrogen and oxygen atoms in total. The zero-order valence-electron chi connectivity index (χ0n) is 20.1. The molecule has 0 aliphatic carbocycles. The van der Waals surface area contributed by atoms with Crippen LogP contribution in [0.2, 0.25) is 5.02 Å². The van der Waals surface area contributed by atoms with E-state index in [-0.39, 0.29) is 22.3 Å². The summed E-state index contributed by atoms with van der Waals surface area (Å²) in [6.07, 6.45) is 0.621. The molecule has 0 spiro atoms. The third-order valence-electron chi connectivity index (χ3n) is 5.96. The zero-order valence-corrected chi connectivity index (χ0v) is 20.8. The Morgan fingerprint density at radius 3 is 2.41 bits per heavy atom. The normalized spacial score (nSPS) is 10.9. The maximum atomic E-state index is 13.4. The van der Waals surface area contributed by atoms with Crippen molar-refractivity contribution < 1.29 is 14.7 Å². The van der Waals surface area contributed by atoms with Crippen LogP contribution in [0, 0.1) is 0 Å². The highest BCUT2D eigenvalue weighted by molar-refractivity contribution is 6.31. The van der Waals surface area contributed by atoms with E-state index >= 15 is 0 Å². The van der Waals surface area contributed by atoms with E-state index in [0.29, 0.717) is 18.0 Å². The number of nitrogens with zero attached hydrogens (tertiary/aromatic N) is 3. The number of likely N-dealkylation sites (N-methyl/N-ethyl adjacent to an activating group) is 1. The summed E-state index contributed by atoms with van der Waals surface area (Å²) >= 11 is 5.94. The number of nitrogens with one attached hydrogen (secondary N) is 1. The number of carbonyl (C=O) groups excluding carboxylic acids is 2. The lowest BCUT2D eigenvalue weighted by Crippen LogP contribution is -2.45. The Morgan fingerprint density at radius 2 is 1.65 bits per heavy atom. The molecular weight excluding hydrogens is 496 g/mol. The number of phenolic OH excluding ortho intramolecular Hbond substituents is 1. The summed E-state index contributed by atoms with van der Waals surface area (Å²) in [5.74, 6) is -1.23. The van der Waals surface area contributed by atoms with Gasteiger partial charge in [0.2, 0.25) is 11.8 Å². The van der Waals surface area contributed by atoms with Crippen LogP contribution in [-0.2, 0) is 29.1 Å². The first kappa shape index (κ1) is 25.7. The molecule has 0 radical (unpaired) electrons. The number of amides is 2. The Labute approximate surface area is 217 Å². The molecule has 0 atom stereocenters. The van der Waals surface area contributed by atoms with Crippen LogP contribution in [-0.4, -0.2) is 44.5 Å².